The average Bonchev–Trinajstić information content (AvgIpc) is 3.56. The highest BCUT2D eigenvalue weighted by atomic mass is 16.7. The highest BCUT2D eigenvalue weighted by Crippen LogP contribution is 2.39. The molecule has 1 aliphatic carbocycles. The SMILES string of the molecule is c1ccc(COc2ccc(C(COC3CCCCO3)CC3CC3)cc2)cc1. The van der Waals surface area contributed by atoms with Crippen LogP contribution in [0.2, 0.25) is 0 Å². The summed E-state index contributed by atoms with van der Waals surface area (Å²) in [5, 5.41) is 0. The normalized spacial score (nSPS) is 21.0. The van der Waals surface area contributed by atoms with Crippen molar-refractivity contribution in [2.45, 2.75) is 57.3 Å². The molecule has 0 spiro atoms. The van der Waals surface area contributed by atoms with Gasteiger partial charge in [-0.3, -0.25) is 0 Å². The second-order valence-corrected chi connectivity index (χ2v) is 7.85. The van der Waals surface area contributed by atoms with Gasteiger partial charge in [-0.1, -0.05) is 55.3 Å². The molecule has 3 nitrogen and oxygen atoms in total. The lowest BCUT2D eigenvalue weighted by molar-refractivity contribution is -0.165. The van der Waals surface area contributed by atoms with Crippen molar-refractivity contribution in [3.8, 4) is 5.75 Å². The minimum absolute atomic E-state index is 0.00562. The molecule has 2 atom stereocenters. The highest BCUT2D eigenvalue weighted by Gasteiger charge is 2.27. The first-order valence-corrected chi connectivity index (χ1v) is 10.4. The van der Waals surface area contributed by atoms with Crippen LogP contribution in [0.3, 0.4) is 0 Å². The third kappa shape index (κ3) is 5.82. The molecule has 4 rings (SSSR count). The smallest absolute Gasteiger partial charge is 0.157 e. The average molecular weight is 367 g/mol. The Hall–Kier alpha value is -1.84. The molecule has 1 saturated heterocycles. The Morgan fingerprint density at radius 2 is 1.74 bits per heavy atom. The third-order valence-corrected chi connectivity index (χ3v) is 5.54. The maximum Gasteiger partial charge on any atom is 0.157 e. The Bertz CT molecular complexity index is 673. The van der Waals surface area contributed by atoms with Crippen molar-refractivity contribution in [3.05, 3.63) is 65.7 Å². The fraction of sp³-hybridized carbons (Fsp3) is 0.500. The van der Waals surface area contributed by atoms with Crippen molar-refractivity contribution in [2.75, 3.05) is 13.2 Å². The van der Waals surface area contributed by atoms with E-state index in [0.717, 1.165) is 37.7 Å². The van der Waals surface area contributed by atoms with Crippen LogP contribution in [0.25, 0.3) is 0 Å². The Kier molecular flexibility index (Phi) is 6.44. The molecule has 2 aliphatic rings. The van der Waals surface area contributed by atoms with E-state index < -0.39 is 0 Å². The highest BCUT2D eigenvalue weighted by molar-refractivity contribution is 5.30. The van der Waals surface area contributed by atoms with Gasteiger partial charge in [0.25, 0.3) is 0 Å². The summed E-state index contributed by atoms with van der Waals surface area (Å²) in [6.07, 6.45) is 7.36. The van der Waals surface area contributed by atoms with Crippen LogP contribution in [-0.2, 0) is 16.1 Å². The largest absolute Gasteiger partial charge is 0.489 e. The van der Waals surface area contributed by atoms with Gasteiger partial charge in [0.1, 0.15) is 12.4 Å². The predicted molar refractivity (Wildman–Crippen MR) is 107 cm³/mol. The van der Waals surface area contributed by atoms with Crippen LogP contribution in [0.15, 0.2) is 54.6 Å². The summed E-state index contributed by atoms with van der Waals surface area (Å²) in [6, 6.07) is 18.9. The van der Waals surface area contributed by atoms with E-state index in [2.05, 4.69) is 36.4 Å². The van der Waals surface area contributed by atoms with E-state index in [1.807, 2.05) is 18.2 Å². The van der Waals surface area contributed by atoms with Gasteiger partial charge in [0.05, 0.1) is 6.61 Å². The minimum atomic E-state index is -0.00562. The van der Waals surface area contributed by atoms with Crippen molar-refractivity contribution < 1.29 is 14.2 Å². The van der Waals surface area contributed by atoms with Crippen molar-refractivity contribution in [1.29, 1.82) is 0 Å². The molecule has 0 N–H and O–H groups in total. The molecule has 0 aromatic heterocycles. The van der Waals surface area contributed by atoms with E-state index in [4.69, 9.17) is 14.2 Å². The van der Waals surface area contributed by atoms with Crippen molar-refractivity contribution in [3.63, 3.8) is 0 Å². The zero-order chi connectivity index (χ0) is 18.3. The summed E-state index contributed by atoms with van der Waals surface area (Å²) in [4.78, 5) is 0. The Morgan fingerprint density at radius 1 is 0.926 bits per heavy atom. The third-order valence-electron chi connectivity index (χ3n) is 5.54. The van der Waals surface area contributed by atoms with Gasteiger partial charge in [0, 0.05) is 12.5 Å². The molecule has 2 aromatic carbocycles. The van der Waals surface area contributed by atoms with Gasteiger partial charge in [-0.25, -0.2) is 0 Å². The lowest BCUT2D eigenvalue weighted by Gasteiger charge is -2.26. The van der Waals surface area contributed by atoms with Crippen molar-refractivity contribution in [1.82, 2.24) is 0 Å². The molecule has 3 heteroatoms. The molecule has 2 unspecified atom stereocenters. The number of ether oxygens (including phenoxy) is 3. The molecular formula is C24H30O3. The molecule has 1 aliphatic heterocycles. The van der Waals surface area contributed by atoms with Gasteiger partial charge in [-0.05, 0) is 54.9 Å². The minimum Gasteiger partial charge on any atom is -0.489 e. The molecule has 27 heavy (non-hydrogen) atoms. The number of rotatable bonds is 9. The number of benzene rings is 2. The zero-order valence-corrected chi connectivity index (χ0v) is 16.0. The maximum absolute atomic E-state index is 6.11. The van der Waals surface area contributed by atoms with E-state index in [1.54, 1.807) is 0 Å². The molecular weight excluding hydrogens is 336 g/mol. The van der Waals surface area contributed by atoms with Crippen LogP contribution in [-0.4, -0.2) is 19.5 Å². The van der Waals surface area contributed by atoms with Gasteiger partial charge in [-0.15, -0.1) is 0 Å². The quantitative estimate of drug-likeness (QED) is 0.570. The van der Waals surface area contributed by atoms with Gasteiger partial charge in [-0.2, -0.15) is 0 Å². The van der Waals surface area contributed by atoms with Crippen LogP contribution >= 0.6 is 0 Å². The summed E-state index contributed by atoms with van der Waals surface area (Å²) in [6.45, 7) is 2.20. The summed E-state index contributed by atoms with van der Waals surface area (Å²) in [5.74, 6) is 2.25. The molecule has 144 valence electrons. The monoisotopic (exact) mass is 366 g/mol. The molecule has 1 saturated carbocycles. The standard InChI is InChI=1S/C24H30O3/c1-2-6-20(7-3-1)17-26-23-13-11-21(12-14-23)22(16-19-9-10-19)18-27-24-8-4-5-15-25-24/h1-3,6-7,11-14,19,22,24H,4-5,8-10,15-18H2. The van der Waals surface area contributed by atoms with Crippen molar-refractivity contribution >= 4 is 0 Å². The molecule has 2 aromatic rings. The predicted octanol–water partition coefficient (Wildman–Crippen LogP) is 5.69. The van der Waals surface area contributed by atoms with Gasteiger partial charge >= 0.3 is 0 Å². The first kappa shape index (κ1) is 18.5. The van der Waals surface area contributed by atoms with Crippen LogP contribution in [0, 0.1) is 5.92 Å². The van der Waals surface area contributed by atoms with Gasteiger partial charge < -0.3 is 14.2 Å². The Labute approximate surface area is 162 Å². The van der Waals surface area contributed by atoms with E-state index >= 15 is 0 Å². The van der Waals surface area contributed by atoms with Gasteiger partial charge in [0.2, 0.25) is 0 Å². The second-order valence-electron chi connectivity index (χ2n) is 7.85. The fourth-order valence-corrected chi connectivity index (χ4v) is 3.70. The van der Waals surface area contributed by atoms with E-state index in [-0.39, 0.29) is 6.29 Å². The summed E-state index contributed by atoms with van der Waals surface area (Å²) < 4.78 is 17.8. The summed E-state index contributed by atoms with van der Waals surface area (Å²) in [7, 11) is 0. The number of hydrogen-bond donors (Lipinski definition) is 0. The van der Waals surface area contributed by atoms with Gasteiger partial charge in [0.15, 0.2) is 6.29 Å². The zero-order valence-electron chi connectivity index (χ0n) is 16.0. The number of hydrogen-bond acceptors (Lipinski definition) is 3. The van der Waals surface area contributed by atoms with Crippen LogP contribution in [0.1, 0.15) is 55.6 Å². The lowest BCUT2D eigenvalue weighted by atomic mass is 9.94. The van der Waals surface area contributed by atoms with Crippen LogP contribution in [0.4, 0.5) is 0 Å². The Morgan fingerprint density at radius 3 is 2.44 bits per heavy atom. The first-order valence-electron chi connectivity index (χ1n) is 10.4. The molecule has 1 heterocycles. The van der Waals surface area contributed by atoms with Crippen LogP contribution < -0.4 is 4.74 Å². The van der Waals surface area contributed by atoms with E-state index in [9.17, 15) is 0 Å². The lowest BCUT2D eigenvalue weighted by Crippen LogP contribution is -2.24. The summed E-state index contributed by atoms with van der Waals surface area (Å²) in [5.41, 5.74) is 2.54. The molecule has 0 radical (unpaired) electrons. The maximum atomic E-state index is 6.11. The molecule has 0 bridgehead atoms. The topological polar surface area (TPSA) is 27.7 Å². The van der Waals surface area contributed by atoms with E-state index in [0.29, 0.717) is 12.5 Å². The van der Waals surface area contributed by atoms with E-state index in [1.165, 1.54) is 36.8 Å². The molecule has 2 fully saturated rings. The Balaban J connectivity index is 1.33. The van der Waals surface area contributed by atoms with Crippen molar-refractivity contribution in [2.24, 2.45) is 5.92 Å². The summed E-state index contributed by atoms with van der Waals surface area (Å²) >= 11 is 0. The first-order chi connectivity index (χ1) is 13.4. The van der Waals surface area contributed by atoms with Crippen LogP contribution in [0.5, 0.6) is 5.75 Å². The molecule has 0 amide bonds. The second kappa shape index (κ2) is 9.38. The fourth-order valence-electron chi connectivity index (χ4n) is 3.70.